The summed E-state index contributed by atoms with van der Waals surface area (Å²) in [5.41, 5.74) is 0. The summed E-state index contributed by atoms with van der Waals surface area (Å²) in [6, 6.07) is 0. The van der Waals surface area contributed by atoms with Crippen molar-refractivity contribution in [1.82, 2.24) is 0 Å². The van der Waals surface area contributed by atoms with E-state index < -0.39 is 5.92 Å². The second kappa shape index (κ2) is 22.4. The van der Waals surface area contributed by atoms with Crippen LogP contribution in [0.2, 0.25) is 0 Å². The molecule has 5 heteroatoms. The number of thioether (sulfide) groups is 2. The molecule has 36 heavy (non-hydrogen) atoms. The molecular formula is C31H54O3S2. The van der Waals surface area contributed by atoms with Crippen molar-refractivity contribution in [3.8, 4) is 0 Å². The second-order valence-electron chi connectivity index (χ2n) is 10.5. The van der Waals surface area contributed by atoms with E-state index in [0.717, 1.165) is 24.3 Å². The average molecular weight is 539 g/mol. The highest BCUT2D eigenvalue weighted by molar-refractivity contribution is 8.08. The van der Waals surface area contributed by atoms with Crippen molar-refractivity contribution in [3.05, 3.63) is 9.81 Å². The van der Waals surface area contributed by atoms with Gasteiger partial charge in [0.25, 0.3) is 0 Å². The maximum atomic E-state index is 12.8. The third-order valence-electron chi connectivity index (χ3n) is 7.07. The molecule has 1 aliphatic carbocycles. The molecule has 0 amide bonds. The molecule has 0 aliphatic heterocycles. The van der Waals surface area contributed by atoms with Crippen LogP contribution < -0.4 is 0 Å². The Kier molecular flexibility index (Phi) is 20.9. The van der Waals surface area contributed by atoms with Gasteiger partial charge in [0, 0.05) is 0 Å². The van der Waals surface area contributed by atoms with Gasteiger partial charge in [0.1, 0.15) is 11.7 Å². The van der Waals surface area contributed by atoms with Crippen LogP contribution in [0.3, 0.4) is 0 Å². The van der Waals surface area contributed by atoms with Gasteiger partial charge in [-0.1, -0.05) is 129 Å². The minimum Gasteiger partial charge on any atom is -0.299 e. The summed E-state index contributed by atoms with van der Waals surface area (Å²) in [7, 11) is 0. The highest BCUT2D eigenvalue weighted by Gasteiger charge is 2.43. The maximum Gasteiger partial charge on any atom is 0.188 e. The summed E-state index contributed by atoms with van der Waals surface area (Å²) in [4.78, 5) is 38.8. The molecule has 0 spiro atoms. The van der Waals surface area contributed by atoms with Crippen LogP contribution in [0.1, 0.15) is 149 Å². The number of carbonyl (C=O) groups is 3. The number of hydrogen-bond donors (Lipinski definition) is 0. The molecule has 0 aromatic rings. The van der Waals surface area contributed by atoms with E-state index in [9.17, 15) is 14.4 Å². The molecular weight excluding hydrogens is 484 g/mol. The van der Waals surface area contributed by atoms with Crippen molar-refractivity contribution < 1.29 is 14.4 Å². The van der Waals surface area contributed by atoms with E-state index >= 15 is 0 Å². The van der Waals surface area contributed by atoms with E-state index in [0.29, 0.717) is 9.81 Å². The van der Waals surface area contributed by atoms with E-state index in [4.69, 9.17) is 0 Å². The van der Waals surface area contributed by atoms with Crippen LogP contribution >= 0.6 is 23.5 Å². The van der Waals surface area contributed by atoms with E-state index in [1.165, 1.54) is 146 Å². The summed E-state index contributed by atoms with van der Waals surface area (Å²) in [6.07, 6.45) is 25.7. The van der Waals surface area contributed by atoms with Crippen molar-refractivity contribution in [3.63, 3.8) is 0 Å². The number of Topliss-reactive ketones (excluding diaryl/α,β-unsaturated/α-hetero) is 3. The molecule has 0 N–H and O–H groups in total. The molecule has 0 atom stereocenters. The summed E-state index contributed by atoms with van der Waals surface area (Å²) in [5, 5.41) is 0. The number of carbonyl (C=O) groups excluding carboxylic acids is 3. The Balaban J connectivity index is 2.30. The highest BCUT2D eigenvalue weighted by Crippen LogP contribution is 2.40. The van der Waals surface area contributed by atoms with Crippen LogP contribution in [0.5, 0.6) is 0 Å². The SMILES string of the molecule is CCCCCCCCCCCCSC1=C(SCCCCCCCCCCCC)C(=O)C(C(C)=O)C1=O. The zero-order chi connectivity index (χ0) is 26.4. The number of hydrogen-bond acceptors (Lipinski definition) is 5. The van der Waals surface area contributed by atoms with E-state index in [1.807, 2.05) is 0 Å². The predicted molar refractivity (Wildman–Crippen MR) is 160 cm³/mol. The van der Waals surface area contributed by atoms with Crippen molar-refractivity contribution >= 4 is 40.9 Å². The topological polar surface area (TPSA) is 51.2 Å². The minimum absolute atomic E-state index is 0.241. The Morgan fingerprint density at radius 3 is 1.08 bits per heavy atom. The van der Waals surface area contributed by atoms with Gasteiger partial charge in [0.2, 0.25) is 0 Å². The Labute approximate surface area is 231 Å². The fourth-order valence-corrected chi connectivity index (χ4v) is 7.22. The van der Waals surface area contributed by atoms with E-state index in [1.54, 1.807) is 0 Å². The van der Waals surface area contributed by atoms with Gasteiger partial charge in [0.15, 0.2) is 11.6 Å². The first-order chi connectivity index (χ1) is 17.5. The fourth-order valence-electron chi connectivity index (χ4n) is 4.78. The molecule has 208 valence electrons. The largest absolute Gasteiger partial charge is 0.299 e. The lowest BCUT2D eigenvalue weighted by Gasteiger charge is -2.06. The monoisotopic (exact) mass is 538 g/mol. The summed E-state index contributed by atoms with van der Waals surface area (Å²) in [6.45, 7) is 5.88. The Morgan fingerprint density at radius 1 is 0.528 bits per heavy atom. The van der Waals surface area contributed by atoms with Crippen LogP contribution in [0.15, 0.2) is 9.81 Å². The van der Waals surface area contributed by atoms with Crippen LogP contribution in [-0.2, 0) is 14.4 Å². The number of rotatable bonds is 25. The van der Waals surface area contributed by atoms with Gasteiger partial charge >= 0.3 is 0 Å². The molecule has 0 unspecified atom stereocenters. The zero-order valence-electron chi connectivity index (χ0n) is 23.7. The molecule has 0 bridgehead atoms. The van der Waals surface area contributed by atoms with Crippen molar-refractivity contribution in [2.75, 3.05) is 11.5 Å². The van der Waals surface area contributed by atoms with Gasteiger partial charge in [0.05, 0.1) is 9.81 Å². The maximum absolute atomic E-state index is 12.8. The molecule has 0 fully saturated rings. The molecule has 0 aromatic carbocycles. The number of ketones is 3. The van der Waals surface area contributed by atoms with Crippen LogP contribution in [0.25, 0.3) is 0 Å². The zero-order valence-corrected chi connectivity index (χ0v) is 25.3. The Hall–Kier alpha value is -0.550. The number of unbranched alkanes of at least 4 members (excludes halogenated alkanes) is 18. The highest BCUT2D eigenvalue weighted by atomic mass is 32.2. The Bertz CT molecular complexity index is 608. The standard InChI is InChI=1S/C31H54O3S2/c1-4-6-8-10-12-14-16-18-20-22-24-35-30-28(33)27(26(3)32)29(34)31(30)36-25-23-21-19-17-15-13-11-9-7-5-2/h27H,4-25H2,1-3H3. The van der Waals surface area contributed by atoms with Crippen LogP contribution in [0, 0.1) is 5.92 Å². The normalized spacial score (nSPS) is 14.4. The molecule has 0 heterocycles. The van der Waals surface area contributed by atoms with Crippen molar-refractivity contribution in [1.29, 1.82) is 0 Å². The van der Waals surface area contributed by atoms with E-state index in [-0.39, 0.29) is 17.3 Å². The van der Waals surface area contributed by atoms with Crippen LogP contribution in [-0.4, -0.2) is 28.9 Å². The average Bonchev–Trinajstić information content (AvgIpc) is 3.09. The van der Waals surface area contributed by atoms with Gasteiger partial charge in [-0.25, -0.2) is 0 Å². The third kappa shape index (κ3) is 14.4. The number of allylic oxidation sites excluding steroid dienone is 2. The van der Waals surface area contributed by atoms with Crippen molar-refractivity contribution in [2.45, 2.75) is 149 Å². The van der Waals surface area contributed by atoms with Crippen LogP contribution in [0.4, 0.5) is 0 Å². The smallest absolute Gasteiger partial charge is 0.188 e. The molecule has 1 aliphatic rings. The van der Waals surface area contributed by atoms with Gasteiger partial charge in [-0.3, -0.25) is 14.4 Å². The summed E-state index contributed by atoms with van der Waals surface area (Å²) in [5.74, 6) is -0.146. The van der Waals surface area contributed by atoms with E-state index in [2.05, 4.69) is 13.8 Å². The second-order valence-corrected chi connectivity index (χ2v) is 12.7. The first-order valence-corrected chi connectivity index (χ1v) is 17.1. The molecule has 0 radical (unpaired) electrons. The lowest BCUT2D eigenvalue weighted by molar-refractivity contribution is -0.134. The Morgan fingerprint density at radius 2 is 0.806 bits per heavy atom. The fraction of sp³-hybridized carbons (Fsp3) is 0.839. The molecule has 3 nitrogen and oxygen atoms in total. The molecule has 0 saturated heterocycles. The minimum atomic E-state index is -1.07. The van der Waals surface area contributed by atoms with Crippen molar-refractivity contribution in [2.24, 2.45) is 5.92 Å². The van der Waals surface area contributed by atoms with Gasteiger partial charge in [-0.2, -0.15) is 0 Å². The molecule has 0 saturated carbocycles. The quantitative estimate of drug-likeness (QED) is 0.0855. The summed E-state index contributed by atoms with van der Waals surface area (Å²) >= 11 is 3.04. The third-order valence-corrected chi connectivity index (χ3v) is 9.58. The van der Waals surface area contributed by atoms with Gasteiger partial charge in [-0.15, -0.1) is 23.5 Å². The van der Waals surface area contributed by atoms with Gasteiger partial charge < -0.3 is 0 Å². The lowest BCUT2D eigenvalue weighted by Crippen LogP contribution is -2.24. The molecule has 1 rings (SSSR count). The first-order valence-electron chi connectivity index (χ1n) is 15.1. The first kappa shape index (κ1) is 33.5. The molecule has 0 aromatic heterocycles. The lowest BCUT2D eigenvalue weighted by atomic mass is 10.0. The van der Waals surface area contributed by atoms with Gasteiger partial charge in [-0.05, 0) is 31.3 Å². The summed E-state index contributed by atoms with van der Waals surface area (Å²) < 4.78 is 0. The predicted octanol–water partition coefficient (Wildman–Crippen LogP) is 9.86.